The molecule has 0 aliphatic carbocycles. The maximum absolute atomic E-state index is 13.7. The molecule has 0 unspecified atom stereocenters. The normalized spacial score (nSPS) is 10.1. The van der Waals surface area contributed by atoms with Gasteiger partial charge in [-0.1, -0.05) is 30.3 Å². The van der Waals surface area contributed by atoms with Crippen LogP contribution in [0.3, 0.4) is 0 Å². The third-order valence-electron chi connectivity index (χ3n) is 3.30. The number of nitrogens with one attached hydrogen (secondary N) is 1. The van der Waals surface area contributed by atoms with Gasteiger partial charge >= 0.3 is 12.1 Å². The Morgan fingerprint density at radius 2 is 1.74 bits per heavy atom. The summed E-state index contributed by atoms with van der Waals surface area (Å²) in [6.45, 7) is 1.09. The van der Waals surface area contributed by atoms with E-state index in [0.29, 0.717) is 16.2 Å². The Morgan fingerprint density at radius 3 is 2.48 bits per heavy atom. The fourth-order valence-corrected chi connectivity index (χ4v) is 3.08. The summed E-state index contributed by atoms with van der Waals surface area (Å²) in [5.74, 6) is -1.50. The first-order valence-corrected chi connectivity index (χ1v) is 9.08. The van der Waals surface area contributed by atoms with E-state index in [1.807, 2.05) is 5.32 Å². The van der Waals surface area contributed by atoms with E-state index in [4.69, 9.17) is 4.74 Å². The number of amides is 2. The quantitative estimate of drug-likeness (QED) is 0.574. The second kappa shape index (κ2) is 10.3. The van der Waals surface area contributed by atoms with Gasteiger partial charge in [-0.05, 0) is 30.7 Å². The van der Waals surface area contributed by atoms with Crippen LogP contribution in [0, 0.1) is 5.82 Å². The molecule has 2 aromatic rings. The van der Waals surface area contributed by atoms with E-state index >= 15 is 0 Å². The zero-order valence-electron chi connectivity index (χ0n) is 14.6. The van der Waals surface area contributed by atoms with Crippen molar-refractivity contribution in [1.82, 2.24) is 5.32 Å². The molecule has 6 nitrogen and oxygen atoms in total. The lowest BCUT2D eigenvalue weighted by Gasteiger charge is -2.10. The van der Waals surface area contributed by atoms with Crippen molar-refractivity contribution in [3.63, 3.8) is 0 Å². The van der Waals surface area contributed by atoms with Gasteiger partial charge in [-0.25, -0.2) is 14.0 Å². The number of esters is 1. The summed E-state index contributed by atoms with van der Waals surface area (Å²) in [6, 6.07) is 13.0. The molecule has 2 aromatic carbocycles. The lowest BCUT2D eigenvalue weighted by atomic mass is 10.2. The number of imide groups is 1. The number of halogens is 1. The minimum atomic E-state index is -0.903. The average Bonchev–Trinajstić information content (AvgIpc) is 2.66. The van der Waals surface area contributed by atoms with Crippen molar-refractivity contribution in [2.24, 2.45) is 0 Å². The van der Waals surface area contributed by atoms with Crippen molar-refractivity contribution in [3.8, 4) is 0 Å². The lowest BCUT2D eigenvalue weighted by Crippen LogP contribution is -2.34. The van der Waals surface area contributed by atoms with Gasteiger partial charge in [-0.2, -0.15) is 0 Å². The van der Waals surface area contributed by atoms with Gasteiger partial charge in [0.2, 0.25) is 0 Å². The van der Waals surface area contributed by atoms with Crippen LogP contribution in [-0.4, -0.2) is 31.2 Å². The summed E-state index contributed by atoms with van der Waals surface area (Å²) >= 11 is 1.28. The Kier molecular flexibility index (Phi) is 7.81. The topological polar surface area (TPSA) is 81.7 Å². The van der Waals surface area contributed by atoms with Gasteiger partial charge in [-0.15, -0.1) is 11.8 Å². The van der Waals surface area contributed by atoms with Crippen molar-refractivity contribution in [1.29, 1.82) is 0 Å². The standard InChI is InChI=1S/C19H18FNO5S/c1-2-25-19(24)21-17(22)11-26-18(23)14-8-4-6-10-16(14)27-12-13-7-3-5-9-15(13)20/h3-10H,2,11-12H2,1H3,(H,21,22,24). The highest BCUT2D eigenvalue weighted by Gasteiger charge is 2.16. The molecule has 0 spiro atoms. The average molecular weight is 391 g/mol. The number of alkyl carbamates (subject to hydrolysis) is 1. The van der Waals surface area contributed by atoms with E-state index in [1.54, 1.807) is 49.4 Å². The van der Waals surface area contributed by atoms with Gasteiger partial charge in [0.25, 0.3) is 5.91 Å². The van der Waals surface area contributed by atoms with Gasteiger partial charge in [-0.3, -0.25) is 10.1 Å². The molecule has 0 atom stereocenters. The molecular formula is C19H18FNO5S. The Morgan fingerprint density at radius 1 is 1.04 bits per heavy atom. The first kappa shape index (κ1) is 20.4. The van der Waals surface area contributed by atoms with Crippen molar-refractivity contribution in [2.75, 3.05) is 13.2 Å². The first-order valence-electron chi connectivity index (χ1n) is 8.10. The number of thioether (sulfide) groups is 1. The highest BCUT2D eigenvalue weighted by atomic mass is 32.2. The van der Waals surface area contributed by atoms with Crippen LogP contribution < -0.4 is 5.32 Å². The number of hydrogen-bond donors (Lipinski definition) is 1. The van der Waals surface area contributed by atoms with Gasteiger partial charge in [0.1, 0.15) is 5.82 Å². The van der Waals surface area contributed by atoms with Crippen molar-refractivity contribution >= 4 is 29.7 Å². The molecule has 0 aliphatic rings. The highest BCUT2D eigenvalue weighted by Crippen LogP contribution is 2.27. The summed E-state index contributed by atoms with van der Waals surface area (Å²) in [4.78, 5) is 35.6. The highest BCUT2D eigenvalue weighted by molar-refractivity contribution is 7.98. The molecule has 0 radical (unpaired) electrons. The maximum Gasteiger partial charge on any atom is 0.413 e. The minimum absolute atomic E-state index is 0.117. The molecule has 27 heavy (non-hydrogen) atoms. The van der Waals surface area contributed by atoms with Crippen LogP contribution in [-0.2, 0) is 20.0 Å². The van der Waals surface area contributed by atoms with E-state index in [9.17, 15) is 18.8 Å². The van der Waals surface area contributed by atoms with Gasteiger partial charge < -0.3 is 9.47 Å². The van der Waals surface area contributed by atoms with E-state index in [-0.39, 0.29) is 18.0 Å². The molecule has 0 saturated carbocycles. The fourth-order valence-electron chi connectivity index (χ4n) is 2.06. The van der Waals surface area contributed by atoms with Crippen LogP contribution in [0.15, 0.2) is 53.4 Å². The molecule has 2 amide bonds. The van der Waals surface area contributed by atoms with E-state index in [0.717, 1.165) is 0 Å². The van der Waals surface area contributed by atoms with Gasteiger partial charge in [0.05, 0.1) is 12.2 Å². The van der Waals surface area contributed by atoms with Crippen LogP contribution in [0.2, 0.25) is 0 Å². The van der Waals surface area contributed by atoms with Crippen LogP contribution in [0.4, 0.5) is 9.18 Å². The number of carbonyl (C=O) groups is 3. The second-order valence-corrected chi connectivity index (χ2v) is 6.24. The molecule has 0 heterocycles. The zero-order valence-corrected chi connectivity index (χ0v) is 15.4. The second-order valence-electron chi connectivity index (χ2n) is 5.22. The largest absolute Gasteiger partial charge is 0.452 e. The fraction of sp³-hybridized carbons (Fsp3) is 0.211. The lowest BCUT2D eigenvalue weighted by molar-refractivity contribution is -0.123. The zero-order chi connectivity index (χ0) is 19.6. The molecule has 0 aliphatic heterocycles. The van der Waals surface area contributed by atoms with E-state index in [2.05, 4.69) is 4.74 Å². The van der Waals surface area contributed by atoms with Crippen LogP contribution in [0.25, 0.3) is 0 Å². The molecule has 0 saturated heterocycles. The minimum Gasteiger partial charge on any atom is -0.452 e. The van der Waals surface area contributed by atoms with E-state index < -0.39 is 24.6 Å². The molecule has 0 aromatic heterocycles. The Hall–Kier alpha value is -2.87. The third kappa shape index (κ3) is 6.41. The SMILES string of the molecule is CCOC(=O)NC(=O)COC(=O)c1ccccc1SCc1ccccc1F. The molecule has 2 rings (SSSR count). The number of rotatable bonds is 7. The summed E-state index contributed by atoms with van der Waals surface area (Å²) in [6.07, 6.45) is -0.903. The first-order chi connectivity index (χ1) is 13.0. The molecule has 142 valence electrons. The van der Waals surface area contributed by atoms with Crippen molar-refractivity contribution in [2.45, 2.75) is 17.6 Å². The van der Waals surface area contributed by atoms with Gasteiger partial charge in [0, 0.05) is 10.6 Å². The smallest absolute Gasteiger partial charge is 0.413 e. The Bertz CT molecular complexity index is 827. The van der Waals surface area contributed by atoms with Crippen LogP contribution in [0.1, 0.15) is 22.8 Å². The molecule has 0 fully saturated rings. The van der Waals surface area contributed by atoms with Crippen molar-refractivity contribution in [3.05, 3.63) is 65.5 Å². The van der Waals surface area contributed by atoms with E-state index in [1.165, 1.54) is 17.8 Å². The molecular weight excluding hydrogens is 373 g/mol. The summed E-state index contributed by atoms with van der Waals surface area (Å²) in [7, 11) is 0. The molecule has 0 bridgehead atoms. The van der Waals surface area contributed by atoms with Crippen LogP contribution >= 0.6 is 11.8 Å². The summed E-state index contributed by atoms with van der Waals surface area (Å²) < 4.78 is 23.2. The predicted molar refractivity (Wildman–Crippen MR) is 97.9 cm³/mol. The number of ether oxygens (including phenoxy) is 2. The van der Waals surface area contributed by atoms with Crippen molar-refractivity contribution < 1.29 is 28.2 Å². The summed E-state index contributed by atoms with van der Waals surface area (Å²) in [5, 5.41) is 1.93. The van der Waals surface area contributed by atoms with Crippen LogP contribution in [0.5, 0.6) is 0 Å². The number of carbonyl (C=O) groups excluding carboxylic acids is 3. The maximum atomic E-state index is 13.7. The predicted octanol–water partition coefficient (Wildman–Crippen LogP) is 3.55. The monoisotopic (exact) mass is 391 g/mol. The van der Waals surface area contributed by atoms with Gasteiger partial charge in [0.15, 0.2) is 6.61 Å². The molecule has 8 heteroatoms. The Labute approximate surface area is 160 Å². The molecule has 1 N–H and O–H groups in total. The number of benzene rings is 2. The number of hydrogen-bond acceptors (Lipinski definition) is 6. The Balaban J connectivity index is 1.96. The summed E-state index contributed by atoms with van der Waals surface area (Å²) in [5.41, 5.74) is 0.766. The third-order valence-corrected chi connectivity index (χ3v) is 4.42.